The minimum absolute atomic E-state index is 0.0160. The summed E-state index contributed by atoms with van der Waals surface area (Å²) in [6, 6.07) is 12.1. The molecule has 2 heterocycles. The first-order valence-electron chi connectivity index (χ1n) is 10.3. The molecule has 0 unspecified atom stereocenters. The highest BCUT2D eigenvalue weighted by atomic mass is 35.5. The van der Waals surface area contributed by atoms with Crippen molar-refractivity contribution in [2.75, 3.05) is 31.1 Å². The van der Waals surface area contributed by atoms with Gasteiger partial charge in [-0.3, -0.25) is 9.59 Å². The van der Waals surface area contributed by atoms with Crippen molar-refractivity contribution in [1.82, 2.24) is 4.31 Å². The third kappa shape index (κ3) is 4.50. The SMILES string of the molecule is O=C(OCC(=O)N1CCc2ccccc21)C1CCN(S(=O)(=O)c2cccc(Cl)c2Cl)CC1. The maximum absolute atomic E-state index is 12.9. The Bertz CT molecular complexity index is 1150. The zero-order valence-electron chi connectivity index (χ0n) is 17.2. The van der Waals surface area contributed by atoms with E-state index in [2.05, 4.69) is 0 Å². The van der Waals surface area contributed by atoms with Crippen LogP contribution in [0, 0.1) is 5.92 Å². The zero-order chi connectivity index (χ0) is 22.9. The summed E-state index contributed by atoms with van der Waals surface area (Å²) in [5, 5.41) is 0.147. The molecular formula is C22H22Cl2N2O5S. The Balaban J connectivity index is 1.31. The van der Waals surface area contributed by atoms with Gasteiger partial charge < -0.3 is 9.64 Å². The second-order valence-electron chi connectivity index (χ2n) is 7.76. The Morgan fingerprint density at radius 3 is 2.47 bits per heavy atom. The minimum Gasteiger partial charge on any atom is -0.455 e. The summed E-state index contributed by atoms with van der Waals surface area (Å²) in [5.74, 6) is -1.21. The molecular weight excluding hydrogens is 475 g/mol. The molecule has 2 aliphatic rings. The number of carbonyl (C=O) groups excluding carboxylic acids is 2. The van der Waals surface area contributed by atoms with Crippen LogP contribution in [-0.2, 0) is 30.8 Å². The van der Waals surface area contributed by atoms with E-state index < -0.39 is 21.9 Å². The summed E-state index contributed by atoms with van der Waals surface area (Å²) >= 11 is 12.0. The van der Waals surface area contributed by atoms with E-state index in [-0.39, 0.29) is 40.5 Å². The molecule has 0 radical (unpaired) electrons. The molecule has 32 heavy (non-hydrogen) atoms. The van der Waals surface area contributed by atoms with Crippen molar-refractivity contribution in [1.29, 1.82) is 0 Å². The Morgan fingerprint density at radius 1 is 1.00 bits per heavy atom. The van der Waals surface area contributed by atoms with Crippen molar-refractivity contribution in [3.8, 4) is 0 Å². The minimum atomic E-state index is -3.83. The third-order valence-electron chi connectivity index (χ3n) is 5.85. The van der Waals surface area contributed by atoms with Crippen molar-refractivity contribution in [2.45, 2.75) is 24.2 Å². The molecule has 4 rings (SSSR count). The highest BCUT2D eigenvalue weighted by Crippen LogP contribution is 2.33. The van der Waals surface area contributed by atoms with Gasteiger partial charge in [-0.2, -0.15) is 4.31 Å². The largest absolute Gasteiger partial charge is 0.455 e. The molecule has 1 amide bonds. The molecule has 2 aromatic carbocycles. The molecule has 170 valence electrons. The van der Waals surface area contributed by atoms with Gasteiger partial charge in [0.25, 0.3) is 5.91 Å². The summed E-state index contributed by atoms with van der Waals surface area (Å²) in [7, 11) is -3.83. The molecule has 1 fully saturated rings. The van der Waals surface area contributed by atoms with Crippen LogP contribution in [0.1, 0.15) is 18.4 Å². The van der Waals surface area contributed by atoms with E-state index in [0.29, 0.717) is 19.4 Å². The Labute approximate surface area is 196 Å². The highest BCUT2D eigenvalue weighted by molar-refractivity contribution is 7.89. The van der Waals surface area contributed by atoms with Gasteiger partial charge in [0.15, 0.2) is 6.61 Å². The lowest BCUT2D eigenvalue weighted by Gasteiger charge is -2.30. The van der Waals surface area contributed by atoms with Gasteiger partial charge in [-0.15, -0.1) is 0 Å². The number of halogens is 2. The molecule has 2 aromatic rings. The number of amides is 1. The van der Waals surface area contributed by atoms with E-state index in [1.807, 2.05) is 24.3 Å². The molecule has 10 heteroatoms. The normalized spacial score (nSPS) is 17.2. The monoisotopic (exact) mass is 496 g/mol. The van der Waals surface area contributed by atoms with Crippen LogP contribution in [0.3, 0.4) is 0 Å². The van der Waals surface area contributed by atoms with Crippen molar-refractivity contribution in [3.63, 3.8) is 0 Å². The van der Waals surface area contributed by atoms with Crippen molar-refractivity contribution in [2.24, 2.45) is 5.92 Å². The number of benzene rings is 2. The lowest BCUT2D eigenvalue weighted by molar-refractivity contribution is -0.153. The van der Waals surface area contributed by atoms with Gasteiger partial charge in [-0.05, 0) is 43.0 Å². The van der Waals surface area contributed by atoms with E-state index in [9.17, 15) is 18.0 Å². The van der Waals surface area contributed by atoms with Gasteiger partial charge in [0.05, 0.1) is 16.0 Å². The van der Waals surface area contributed by atoms with Gasteiger partial charge in [-0.25, -0.2) is 8.42 Å². The summed E-state index contributed by atoms with van der Waals surface area (Å²) < 4.78 is 32.4. The Morgan fingerprint density at radius 2 is 1.72 bits per heavy atom. The number of hydrogen-bond donors (Lipinski definition) is 0. The summed E-state index contributed by atoms with van der Waals surface area (Å²) in [5.41, 5.74) is 1.95. The molecule has 1 saturated heterocycles. The highest BCUT2D eigenvalue weighted by Gasteiger charge is 2.34. The van der Waals surface area contributed by atoms with Crippen LogP contribution in [0.5, 0.6) is 0 Å². The first-order chi connectivity index (χ1) is 15.3. The standard InChI is InChI=1S/C22H22Cl2N2O5S/c23-17-5-3-7-19(21(17)24)32(29,30)25-11-8-16(9-12-25)22(28)31-14-20(27)26-13-10-15-4-1-2-6-18(15)26/h1-7,16H,8-14H2. The fourth-order valence-corrected chi connectivity index (χ4v) is 6.29. The maximum atomic E-state index is 12.9. The molecule has 0 N–H and O–H groups in total. The zero-order valence-corrected chi connectivity index (χ0v) is 19.5. The number of fused-ring (bicyclic) bond motifs is 1. The Kier molecular flexibility index (Phi) is 6.76. The molecule has 0 spiro atoms. The van der Waals surface area contributed by atoms with E-state index >= 15 is 0 Å². The molecule has 0 aromatic heterocycles. The number of esters is 1. The number of hydrogen-bond acceptors (Lipinski definition) is 5. The van der Waals surface area contributed by atoms with Crippen molar-refractivity contribution in [3.05, 3.63) is 58.1 Å². The number of ether oxygens (including phenoxy) is 1. The molecule has 0 saturated carbocycles. The first-order valence-corrected chi connectivity index (χ1v) is 12.5. The number of nitrogens with zero attached hydrogens (tertiary/aromatic N) is 2. The van der Waals surface area contributed by atoms with Crippen molar-refractivity contribution < 1.29 is 22.7 Å². The number of piperidine rings is 1. The summed E-state index contributed by atoms with van der Waals surface area (Å²) in [4.78, 5) is 26.6. The number of rotatable bonds is 5. The number of para-hydroxylation sites is 1. The third-order valence-corrected chi connectivity index (χ3v) is 8.72. The second kappa shape index (κ2) is 9.39. The van der Waals surface area contributed by atoms with Gasteiger partial charge in [0.2, 0.25) is 10.0 Å². The summed E-state index contributed by atoms with van der Waals surface area (Å²) in [6.07, 6.45) is 1.38. The van der Waals surface area contributed by atoms with Crippen LogP contribution in [0.2, 0.25) is 10.0 Å². The summed E-state index contributed by atoms with van der Waals surface area (Å²) in [6.45, 7) is 0.540. The molecule has 7 nitrogen and oxygen atoms in total. The molecule has 0 aliphatic carbocycles. The van der Waals surface area contributed by atoms with Gasteiger partial charge in [-0.1, -0.05) is 47.5 Å². The number of carbonyl (C=O) groups is 2. The number of sulfonamides is 1. The topological polar surface area (TPSA) is 84.0 Å². The van der Waals surface area contributed by atoms with Crippen LogP contribution in [0.25, 0.3) is 0 Å². The van der Waals surface area contributed by atoms with Crippen molar-refractivity contribution >= 4 is 50.8 Å². The van der Waals surface area contributed by atoms with E-state index in [1.54, 1.807) is 4.90 Å². The van der Waals surface area contributed by atoms with Gasteiger partial charge in [0, 0.05) is 25.3 Å². The predicted octanol–water partition coefficient (Wildman–Crippen LogP) is 3.53. The van der Waals surface area contributed by atoms with Crippen LogP contribution in [0.15, 0.2) is 47.4 Å². The average molecular weight is 497 g/mol. The predicted molar refractivity (Wildman–Crippen MR) is 121 cm³/mol. The van der Waals surface area contributed by atoms with Crippen LogP contribution in [-0.4, -0.2) is 50.8 Å². The fraction of sp³-hybridized carbons (Fsp3) is 0.364. The molecule has 0 bridgehead atoms. The molecule has 0 atom stereocenters. The molecule has 2 aliphatic heterocycles. The second-order valence-corrected chi connectivity index (χ2v) is 10.5. The first kappa shape index (κ1) is 23.0. The average Bonchev–Trinajstić information content (AvgIpc) is 3.23. The maximum Gasteiger partial charge on any atom is 0.309 e. The van der Waals surface area contributed by atoms with Crippen LogP contribution in [0.4, 0.5) is 5.69 Å². The van der Waals surface area contributed by atoms with E-state index in [0.717, 1.165) is 17.7 Å². The van der Waals surface area contributed by atoms with E-state index in [1.165, 1.54) is 22.5 Å². The van der Waals surface area contributed by atoms with Crippen LogP contribution < -0.4 is 4.90 Å². The fourth-order valence-electron chi connectivity index (χ4n) is 4.08. The lowest BCUT2D eigenvalue weighted by atomic mass is 9.98. The van der Waals surface area contributed by atoms with Crippen LogP contribution >= 0.6 is 23.2 Å². The Hall–Kier alpha value is -2.13. The van der Waals surface area contributed by atoms with Gasteiger partial charge >= 0.3 is 5.97 Å². The smallest absolute Gasteiger partial charge is 0.309 e. The number of anilines is 1. The lowest BCUT2D eigenvalue weighted by Crippen LogP contribution is -2.41. The van der Waals surface area contributed by atoms with E-state index in [4.69, 9.17) is 27.9 Å². The quantitative estimate of drug-likeness (QED) is 0.591. The van der Waals surface area contributed by atoms with Gasteiger partial charge in [0.1, 0.15) is 4.90 Å².